The highest BCUT2D eigenvalue weighted by atomic mass is 16.1. The Labute approximate surface area is 128 Å². The van der Waals surface area contributed by atoms with Gasteiger partial charge in [0.2, 0.25) is 0 Å². The summed E-state index contributed by atoms with van der Waals surface area (Å²) in [5, 5.41) is 4.52. The summed E-state index contributed by atoms with van der Waals surface area (Å²) in [7, 11) is 0. The van der Waals surface area contributed by atoms with Crippen LogP contribution < -0.4 is 0 Å². The minimum atomic E-state index is 0.243. The molecular weight excluding hydrogens is 276 g/mol. The maximum Gasteiger partial charge on any atom is 0.159 e. The summed E-state index contributed by atoms with van der Waals surface area (Å²) in [6.45, 7) is 1.96. The molecule has 0 spiro atoms. The third-order valence-electron chi connectivity index (χ3n) is 3.98. The Morgan fingerprint density at radius 2 is 2.14 bits per heavy atom. The summed E-state index contributed by atoms with van der Waals surface area (Å²) < 4.78 is 1.79. The van der Waals surface area contributed by atoms with Crippen molar-refractivity contribution in [3.8, 4) is 11.3 Å². The Kier molecular flexibility index (Phi) is 2.99. The van der Waals surface area contributed by atoms with Crippen molar-refractivity contribution in [1.29, 1.82) is 0 Å². The largest absolute Gasteiger partial charge is 0.299 e. The van der Waals surface area contributed by atoms with Crippen molar-refractivity contribution < 1.29 is 4.79 Å². The molecule has 3 heterocycles. The third-order valence-corrected chi connectivity index (χ3v) is 3.98. The molecule has 0 N–H and O–H groups in total. The van der Waals surface area contributed by atoms with Crippen LogP contribution in [0.5, 0.6) is 0 Å². The molecule has 1 aliphatic carbocycles. The number of rotatable bonds is 4. The summed E-state index contributed by atoms with van der Waals surface area (Å²) in [6.07, 6.45) is 4.21. The lowest BCUT2D eigenvalue weighted by Gasteiger charge is -2.03. The lowest BCUT2D eigenvalue weighted by atomic mass is 10.2. The topological polar surface area (TPSA) is 60.2 Å². The van der Waals surface area contributed by atoms with Gasteiger partial charge in [-0.1, -0.05) is 6.07 Å². The van der Waals surface area contributed by atoms with E-state index in [0.29, 0.717) is 12.2 Å². The van der Waals surface area contributed by atoms with E-state index in [1.165, 1.54) is 0 Å². The number of nitrogens with zero attached hydrogens (tertiary/aromatic N) is 4. The van der Waals surface area contributed by atoms with Crippen LogP contribution in [-0.4, -0.2) is 25.4 Å². The van der Waals surface area contributed by atoms with Crippen LogP contribution >= 0.6 is 0 Å². The van der Waals surface area contributed by atoms with E-state index in [0.717, 1.165) is 35.4 Å². The SMILES string of the molecule is Cc1ccc(-c2cccc3nc(CC(=O)C4CC4)nn23)cn1. The maximum absolute atomic E-state index is 11.9. The van der Waals surface area contributed by atoms with Gasteiger partial charge in [-0.25, -0.2) is 9.50 Å². The Morgan fingerprint density at radius 1 is 1.27 bits per heavy atom. The molecule has 0 bridgehead atoms. The zero-order valence-electron chi connectivity index (χ0n) is 12.4. The van der Waals surface area contributed by atoms with Crippen LogP contribution in [0.15, 0.2) is 36.5 Å². The number of carbonyl (C=O) groups is 1. The monoisotopic (exact) mass is 292 g/mol. The summed E-state index contributed by atoms with van der Waals surface area (Å²) in [5.41, 5.74) is 3.66. The highest BCUT2D eigenvalue weighted by Gasteiger charge is 2.30. The average Bonchev–Trinajstić information content (AvgIpc) is 3.28. The van der Waals surface area contributed by atoms with Crippen LogP contribution in [0.3, 0.4) is 0 Å². The highest BCUT2D eigenvalue weighted by molar-refractivity contribution is 5.84. The smallest absolute Gasteiger partial charge is 0.159 e. The molecule has 3 aromatic rings. The molecule has 5 nitrogen and oxygen atoms in total. The predicted octanol–water partition coefficient (Wildman–Crippen LogP) is 2.62. The van der Waals surface area contributed by atoms with Gasteiger partial charge in [0.25, 0.3) is 0 Å². The van der Waals surface area contributed by atoms with Gasteiger partial charge in [0, 0.05) is 23.4 Å². The van der Waals surface area contributed by atoms with Crippen molar-refractivity contribution in [2.75, 3.05) is 0 Å². The predicted molar refractivity (Wildman–Crippen MR) is 82.4 cm³/mol. The molecule has 1 aliphatic rings. The lowest BCUT2D eigenvalue weighted by molar-refractivity contribution is -0.119. The molecule has 4 rings (SSSR count). The van der Waals surface area contributed by atoms with E-state index in [-0.39, 0.29) is 11.7 Å². The van der Waals surface area contributed by atoms with Crippen LogP contribution in [-0.2, 0) is 11.2 Å². The van der Waals surface area contributed by atoms with Gasteiger partial charge in [-0.3, -0.25) is 9.78 Å². The van der Waals surface area contributed by atoms with Gasteiger partial charge >= 0.3 is 0 Å². The standard InChI is InChI=1S/C17H16N4O/c1-11-5-6-13(10-18-11)14-3-2-4-17-19-16(20-21(14)17)9-15(22)12-7-8-12/h2-6,10,12H,7-9H2,1H3. The minimum absolute atomic E-state index is 0.243. The Bertz CT molecular complexity index is 847. The number of carbonyl (C=O) groups excluding carboxylic acids is 1. The summed E-state index contributed by atoms with van der Waals surface area (Å²) in [6, 6.07) is 9.84. The first-order valence-electron chi connectivity index (χ1n) is 7.51. The zero-order valence-corrected chi connectivity index (χ0v) is 12.4. The second-order valence-corrected chi connectivity index (χ2v) is 5.81. The summed E-state index contributed by atoms with van der Waals surface area (Å²) >= 11 is 0. The average molecular weight is 292 g/mol. The second-order valence-electron chi connectivity index (χ2n) is 5.81. The number of aromatic nitrogens is 4. The fourth-order valence-electron chi connectivity index (χ4n) is 2.57. The molecule has 0 aromatic carbocycles. The molecule has 5 heteroatoms. The van der Waals surface area contributed by atoms with Crippen molar-refractivity contribution in [2.45, 2.75) is 26.2 Å². The van der Waals surface area contributed by atoms with Crippen LogP contribution in [0, 0.1) is 12.8 Å². The van der Waals surface area contributed by atoms with Gasteiger partial charge in [-0.05, 0) is 44.0 Å². The number of fused-ring (bicyclic) bond motifs is 1. The zero-order chi connectivity index (χ0) is 15.1. The third kappa shape index (κ3) is 2.39. The molecule has 1 saturated carbocycles. The number of hydrogen-bond acceptors (Lipinski definition) is 4. The molecule has 110 valence electrons. The van der Waals surface area contributed by atoms with E-state index in [9.17, 15) is 4.79 Å². The molecule has 1 fully saturated rings. The number of ketones is 1. The van der Waals surface area contributed by atoms with E-state index in [1.54, 1.807) is 4.52 Å². The van der Waals surface area contributed by atoms with Crippen LogP contribution in [0.2, 0.25) is 0 Å². The number of aryl methyl sites for hydroxylation is 1. The first-order valence-corrected chi connectivity index (χ1v) is 7.51. The van der Waals surface area contributed by atoms with Crippen molar-refractivity contribution in [3.63, 3.8) is 0 Å². The van der Waals surface area contributed by atoms with E-state index >= 15 is 0 Å². The highest BCUT2D eigenvalue weighted by Crippen LogP contribution is 2.30. The summed E-state index contributed by atoms with van der Waals surface area (Å²) in [5.74, 6) is 1.10. The van der Waals surface area contributed by atoms with E-state index < -0.39 is 0 Å². The van der Waals surface area contributed by atoms with E-state index in [2.05, 4.69) is 15.1 Å². The molecule has 3 aromatic heterocycles. The number of Topliss-reactive ketones (excluding diaryl/α,β-unsaturated/α-hetero) is 1. The van der Waals surface area contributed by atoms with Gasteiger partial charge < -0.3 is 0 Å². The first kappa shape index (κ1) is 13.1. The van der Waals surface area contributed by atoms with Crippen LogP contribution in [0.25, 0.3) is 16.9 Å². The van der Waals surface area contributed by atoms with Crippen molar-refractivity contribution in [1.82, 2.24) is 19.6 Å². The Hall–Kier alpha value is -2.56. The van der Waals surface area contributed by atoms with E-state index in [1.807, 2.05) is 43.5 Å². The maximum atomic E-state index is 11.9. The molecule has 0 amide bonds. The van der Waals surface area contributed by atoms with Crippen LogP contribution in [0.4, 0.5) is 0 Å². The Morgan fingerprint density at radius 3 is 2.86 bits per heavy atom. The van der Waals surface area contributed by atoms with Crippen molar-refractivity contribution >= 4 is 11.4 Å². The molecule has 0 radical (unpaired) electrons. The number of hydrogen-bond donors (Lipinski definition) is 0. The quantitative estimate of drug-likeness (QED) is 0.741. The second kappa shape index (κ2) is 5.02. The van der Waals surface area contributed by atoms with Gasteiger partial charge in [-0.2, -0.15) is 5.10 Å². The van der Waals surface area contributed by atoms with Crippen LogP contribution in [0.1, 0.15) is 24.4 Å². The van der Waals surface area contributed by atoms with Gasteiger partial charge in [0.15, 0.2) is 11.5 Å². The number of pyridine rings is 2. The van der Waals surface area contributed by atoms with E-state index in [4.69, 9.17) is 0 Å². The van der Waals surface area contributed by atoms with Crippen molar-refractivity contribution in [2.24, 2.45) is 5.92 Å². The fourth-order valence-corrected chi connectivity index (χ4v) is 2.57. The molecule has 22 heavy (non-hydrogen) atoms. The molecule has 0 unspecified atom stereocenters. The lowest BCUT2D eigenvalue weighted by Crippen LogP contribution is -2.06. The molecule has 0 aliphatic heterocycles. The van der Waals surface area contributed by atoms with Crippen molar-refractivity contribution in [3.05, 3.63) is 48.0 Å². The summed E-state index contributed by atoms with van der Waals surface area (Å²) in [4.78, 5) is 20.8. The van der Waals surface area contributed by atoms with Gasteiger partial charge in [0.05, 0.1) is 12.1 Å². The first-order chi connectivity index (χ1) is 10.7. The van der Waals surface area contributed by atoms with Gasteiger partial charge in [0.1, 0.15) is 5.78 Å². The molecular formula is C17H16N4O. The molecule has 0 saturated heterocycles. The molecule has 0 atom stereocenters. The Balaban J connectivity index is 1.74. The fraction of sp³-hybridized carbons (Fsp3) is 0.294. The minimum Gasteiger partial charge on any atom is -0.299 e. The normalized spacial score (nSPS) is 14.4. The van der Waals surface area contributed by atoms with Gasteiger partial charge in [-0.15, -0.1) is 0 Å².